The average Bonchev–Trinajstić information content (AvgIpc) is 2.96. The van der Waals surface area contributed by atoms with Gasteiger partial charge in [0, 0.05) is 0 Å². The topological polar surface area (TPSA) is 9.23 Å². The molecule has 0 saturated heterocycles. The summed E-state index contributed by atoms with van der Waals surface area (Å²) in [6.45, 7) is 5.64. The zero-order valence-corrected chi connectivity index (χ0v) is 24.1. The van der Waals surface area contributed by atoms with Crippen LogP contribution in [0, 0.1) is 35.3 Å². The highest BCUT2D eigenvalue weighted by atomic mass is 19.1. The second-order valence-electron chi connectivity index (χ2n) is 11.9. The van der Waals surface area contributed by atoms with Crippen molar-refractivity contribution in [2.45, 2.75) is 90.9 Å². The molecular weight excluding hydrogens is 486 g/mol. The highest BCUT2D eigenvalue weighted by molar-refractivity contribution is 5.68. The number of rotatable bonds is 12. The minimum absolute atomic E-state index is 0.191. The van der Waals surface area contributed by atoms with Crippen molar-refractivity contribution >= 4 is 11.1 Å². The minimum Gasteiger partial charge on any atom is -0.373 e. The molecule has 0 bridgehead atoms. The Kier molecular flexibility index (Phi) is 11.8. The molecule has 0 radical (unpaired) electrons. The Labute approximate surface area is 235 Å². The summed E-state index contributed by atoms with van der Waals surface area (Å²) in [6.07, 6.45) is 19.6. The van der Waals surface area contributed by atoms with Crippen LogP contribution in [0.15, 0.2) is 60.7 Å². The lowest BCUT2D eigenvalue weighted by molar-refractivity contribution is 0.193. The summed E-state index contributed by atoms with van der Waals surface area (Å²) in [7, 11) is 0. The van der Waals surface area contributed by atoms with Gasteiger partial charge in [-0.15, -0.1) is 0 Å². The Hall–Kier alpha value is -2.26. The maximum Gasteiger partial charge on any atom is 0.123 e. The zero-order chi connectivity index (χ0) is 27.5. The Bertz CT molecular complexity index is 951. The number of benzene rings is 2. The van der Waals surface area contributed by atoms with Crippen molar-refractivity contribution in [1.29, 1.82) is 0 Å². The van der Waals surface area contributed by atoms with Crippen molar-refractivity contribution in [2.75, 3.05) is 13.2 Å². The molecular formula is C36H48F2O. The van der Waals surface area contributed by atoms with Crippen molar-refractivity contribution < 1.29 is 13.5 Å². The number of hydrogen-bond acceptors (Lipinski definition) is 1. The summed E-state index contributed by atoms with van der Waals surface area (Å²) in [5.41, 5.74) is 4.85. The summed E-state index contributed by atoms with van der Waals surface area (Å²) in [5.74, 6) is 2.34. The summed E-state index contributed by atoms with van der Waals surface area (Å²) in [4.78, 5) is 0. The van der Waals surface area contributed by atoms with E-state index in [2.05, 4.69) is 26.0 Å². The molecule has 0 atom stereocenters. The third-order valence-corrected chi connectivity index (χ3v) is 9.16. The Morgan fingerprint density at radius 3 is 1.31 bits per heavy atom. The van der Waals surface area contributed by atoms with E-state index in [4.69, 9.17) is 4.74 Å². The normalized spacial score (nSPS) is 24.6. The van der Waals surface area contributed by atoms with E-state index >= 15 is 0 Å². The number of halogens is 2. The second-order valence-corrected chi connectivity index (χ2v) is 11.9. The highest BCUT2D eigenvalue weighted by Gasteiger charge is 2.25. The van der Waals surface area contributed by atoms with Crippen molar-refractivity contribution in [2.24, 2.45) is 23.7 Å². The predicted octanol–water partition coefficient (Wildman–Crippen LogP) is 10.7. The quantitative estimate of drug-likeness (QED) is 0.246. The van der Waals surface area contributed by atoms with E-state index in [1.54, 1.807) is 24.3 Å². The first-order valence-electron chi connectivity index (χ1n) is 15.6. The van der Waals surface area contributed by atoms with Gasteiger partial charge in [-0.25, -0.2) is 8.78 Å². The largest absolute Gasteiger partial charge is 0.373 e. The molecule has 212 valence electrons. The fraction of sp³-hybridized carbons (Fsp3) is 0.556. The molecule has 2 aliphatic rings. The van der Waals surface area contributed by atoms with Crippen LogP contribution in [0.4, 0.5) is 8.78 Å². The van der Waals surface area contributed by atoms with Gasteiger partial charge >= 0.3 is 0 Å². The Balaban J connectivity index is 1.43. The summed E-state index contributed by atoms with van der Waals surface area (Å²) in [6, 6.07) is 13.9. The molecule has 0 aromatic heterocycles. The molecule has 3 heteroatoms. The van der Waals surface area contributed by atoms with E-state index in [1.165, 1.54) is 88.2 Å². The molecule has 2 saturated carbocycles. The third-order valence-electron chi connectivity index (χ3n) is 9.16. The molecule has 4 rings (SSSR count). The van der Waals surface area contributed by atoms with Crippen LogP contribution in [0.5, 0.6) is 0 Å². The van der Waals surface area contributed by atoms with Crippen molar-refractivity contribution in [3.8, 4) is 0 Å². The van der Waals surface area contributed by atoms with Crippen LogP contribution in [0.1, 0.15) is 102 Å². The van der Waals surface area contributed by atoms with E-state index in [1.807, 2.05) is 24.3 Å². The van der Waals surface area contributed by atoms with Gasteiger partial charge in [-0.3, -0.25) is 0 Å². The summed E-state index contributed by atoms with van der Waals surface area (Å²) in [5, 5.41) is 0. The number of ether oxygens (including phenoxy) is 1. The molecule has 2 aromatic rings. The standard InChI is InChI=1S/C36H48F2O/c1-3-5-27-7-11-29(12-8-27)35(31-15-19-33(37)20-16-31)23-25-39-26-24-36(32-17-21-34(38)22-18-32)30-13-9-28(6-4-2)10-14-30/h15-24,27-30H,3-14,25-26H2,1-2H3/t27-,28-,29-,30-. The monoisotopic (exact) mass is 534 g/mol. The molecule has 0 spiro atoms. The van der Waals surface area contributed by atoms with Gasteiger partial charge in [-0.05, 0) is 122 Å². The van der Waals surface area contributed by atoms with Crippen LogP contribution in [0.25, 0.3) is 11.1 Å². The van der Waals surface area contributed by atoms with Crippen LogP contribution >= 0.6 is 0 Å². The average molecular weight is 535 g/mol. The molecule has 0 amide bonds. The van der Waals surface area contributed by atoms with E-state index in [0.717, 1.165) is 23.0 Å². The molecule has 0 aliphatic heterocycles. The first-order valence-corrected chi connectivity index (χ1v) is 15.6. The fourth-order valence-electron chi connectivity index (χ4n) is 7.03. The molecule has 1 nitrogen and oxygen atoms in total. The molecule has 2 fully saturated rings. The Morgan fingerprint density at radius 2 is 0.974 bits per heavy atom. The van der Waals surface area contributed by atoms with Gasteiger partial charge in [0.05, 0.1) is 13.2 Å². The SMILES string of the molecule is CCC[C@H]1CC[C@H](C(=CCOCC=C(c2ccc(F)cc2)[C@H]2CC[C@H](CCC)CC2)c2ccc(F)cc2)CC1. The first kappa shape index (κ1) is 29.7. The van der Waals surface area contributed by atoms with E-state index in [9.17, 15) is 8.78 Å². The van der Waals surface area contributed by atoms with E-state index in [-0.39, 0.29) is 11.6 Å². The number of allylic oxidation sites excluding steroid dienone is 2. The lowest BCUT2D eigenvalue weighted by Gasteiger charge is -2.30. The predicted molar refractivity (Wildman–Crippen MR) is 160 cm³/mol. The van der Waals surface area contributed by atoms with E-state index < -0.39 is 0 Å². The van der Waals surface area contributed by atoms with Crippen LogP contribution in [-0.2, 0) is 4.74 Å². The van der Waals surface area contributed by atoms with Gasteiger partial charge in [-0.1, -0.05) is 75.9 Å². The molecule has 0 heterocycles. The maximum atomic E-state index is 13.7. The first-order chi connectivity index (χ1) is 19.1. The summed E-state index contributed by atoms with van der Waals surface area (Å²) < 4.78 is 33.5. The molecule has 0 N–H and O–H groups in total. The van der Waals surface area contributed by atoms with Gasteiger partial charge in [0.25, 0.3) is 0 Å². The maximum absolute atomic E-state index is 13.7. The second kappa shape index (κ2) is 15.5. The van der Waals surface area contributed by atoms with Gasteiger partial charge < -0.3 is 4.74 Å². The van der Waals surface area contributed by atoms with Gasteiger partial charge in [0.15, 0.2) is 0 Å². The lowest BCUT2D eigenvalue weighted by Crippen LogP contribution is -2.16. The van der Waals surface area contributed by atoms with Gasteiger partial charge in [-0.2, -0.15) is 0 Å². The Morgan fingerprint density at radius 1 is 0.615 bits per heavy atom. The van der Waals surface area contributed by atoms with Crippen molar-refractivity contribution in [1.82, 2.24) is 0 Å². The molecule has 0 unspecified atom stereocenters. The molecule has 2 aliphatic carbocycles. The zero-order valence-electron chi connectivity index (χ0n) is 24.1. The van der Waals surface area contributed by atoms with Crippen LogP contribution in [-0.4, -0.2) is 13.2 Å². The number of hydrogen-bond donors (Lipinski definition) is 0. The van der Waals surface area contributed by atoms with Crippen LogP contribution in [0.3, 0.4) is 0 Å². The fourth-order valence-corrected chi connectivity index (χ4v) is 7.03. The van der Waals surface area contributed by atoms with Crippen LogP contribution < -0.4 is 0 Å². The van der Waals surface area contributed by atoms with Crippen molar-refractivity contribution in [3.05, 3.63) is 83.4 Å². The van der Waals surface area contributed by atoms with Gasteiger partial charge in [0.2, 0.25) is 0 Å². The van der Waals surface area contributed by atoms with Crippen molar-refractivity contribution in [3.63, 3.8) is 0 Å². The third kappa shape index (κ3) is 8.87. The van der Waals surface area contributed by atoms with Gasteiger partial charge in [0.1, 0.15) is 11.6 Å². The highest BCUT2D eigenvalue weighted by Crippen LogP contribution is 2.40. The smallest absolute Gasteiger partial charge is 0.123 e. The molecule has 39 heavy (non-hydrogen) atoms. The lowest BCUT2D eigenvalue weighted by atomic mass is 9.75. The minimum atomic E-state index is -0.191. The van der Waals surface area contributed by atoms with Crippen LogP contribution in [0.2, 0.25) is 0 Å². The van der Waals surface area contributed by atoms with E-state index in [0.29, 0.717) is 25.0 Å². The molecule has 2 aromatic carbocycles. The summed E-state index contributed by atoms with van der Waals surface area (Å²) >= 11 is 0.